The highest BCUT2D eigenvalue weighted by Crippen LogP contribution is 2.25. The van der Waals surface area contributed by atoms with Gasteiger partial charge in [-0.2, -0.15) is 0 Å². The van der Waals surface area contributed by atoms with E-state index in [0.717, 1.165) is 5.92 Å². The van der Waals surface area contributed by atoms with Gasteiger partial charge in [-0.15, -0.1) is 11.8 Å². The summed E-state index contributed by atoms with van der Waals surface area (Å²) in [6.45, 7) is 6.77. The van der Waals surface area contributed by atoms with Gasteiger partial charge in [0.15, 0.2) is 0 Å². The first kappa shape index (κ1) is 11.0. The largest absolute Gasteiger partial charge is 0.316 e. The minimum absolute atomic E-state index is 0.872. The summed E-state index contributed by atoms with van der Waals surface area (Å²) in [6, 6.07) is 6.78. The molecule has 0 radical (unpaired) electrons. The highest BCUT2D eigenvalue weighted by Gasteiger charge is 2.14. The number of rotatable bonds is 3. The lowest BCUT2D eigenvalue weighted by molar-refractivity contribution is 0.662. The first-order valence-electron chi connectivity index (χ1n) is 5.66. The third-order valence-electron chi connectivity index (χ3n) is 3.13. The molecule has 0 spiro atoms. The van der Waals surface area contributed by atoms with Crippen molar-refractivity contribution in [2.45, 2.75) is 25.2 Å². The van der Waals surface area contributed by atoms with Gasteiger partial charge in [0.1, 0.15) is 0 Å². The first-order valence-corrected chi connectivity index (χ1v) is 6.65. The standard InChI is InChI=1S/C13H19NS/c1-10-3-4-13(7-11(10)2)15-9-12-5-6-14-8-12/h3-4,7,12,14H,5-6,8-9H2,1-2H3. The first-order chi connectivity index (χ1) is 7.25. The Morgan fingerprint density at radius 3 is 2.87 bits per heavy atom. The van der Waals surface area contributed by atoms with Gasteiger partial charge < -0.3 is 5.32 Å². The molecule has 0 aliphatic carbocycles. The molecule has 2 rings (SSSR count). The summed E-state index contributed by atoms with van der Waals surface area (Å²) in [5.74, 6) is 2.13. The van der Waals surface area contributed by atoms with E-state index in [9.17, 15) is 0 Å². The molecule has 1 aliphatic rings. The summed E-state index contributed by atoms with van der Waals surface area (Å²) in [4.78, 5) is 1.42. The van der Waals surface area contributed by atoms with Crippen molar-refractivity contribution in [1.82, 2.24) is 5.32 Å². The van der Waals surface area contributed by atoms with Crippen LogP contribution in [0.1, 0.15) is 17.5 Å². The maximum absolute atomic E-state index is 3.42. The number of aryl methyl sites for hydroxylation is 2. The van der Waals surface area contributed by atoms with Crippen LogP contribution in [-0.2, 0) is 0 Å². The van der Waals surface area contributed by atoms with E-state index < -0.39 is 0 Å². The molecule has 1 N–H and O–H groups in total. The van der Waals surface area contributed by atoms with E-state index >= 15 is 0 Å². The Morgan fingerprint density at radius 1 is 1.33 bits per heavy atom. The van der Waals surface area contributed by atoms with Crippen molar-refractivity contribution < 1.29 is 0 Å². The molecule has 1 fully saturated rings. The van der Waals surface area contributed by atoms with Crippen LogP contribution in [0.25, 0.3) is 0 Å². The van der Waals surface area contributed by atoms with E-state index in [4.69, 9.17) is 0 Å². The third kappa shape index (κ3) is 2.99. The molecule has 82 valence electrons. The van der Waals surface area contributed by atoms with Crippen molar-refractivity contribution in [3.63, 3.8) is 0 Å². The fourth-order valence-electron chi connectivity index (χ4n) is 1.87. The minimum atomic E-state index is 0.872. The molecular formula is C13H19NS. The molecule has 1 nitrogen and oxygen atoms in total. The molecule has 0 saturated carbocycles. The van der Waals surface area contributed by atoms with Gasteiger partial charge >= 0.3 is 0 Å². The average Bonchev–Trinajstić information content (AvgIpc) is 2.73. The highest BCUT2D eigenvalue weighted by atomic mass is 32.2. The summed E-state index contributed by atoms with van der Waals surface area (Å²) in [5, 5.41) is 3.42. The molecule has 0 bridgehead atoms. The van der Waals surface area contributed by atoms with E-state index in [1.807, 2.05) is 11.8 Å². The molecule has 1 atom stereocenters. The topological polar surface area (TPSA) is 12.0 Å². The Hall–Kier alpha value is -0.470. The number of nitrogens with one attached hydrogen (secondary N) is 1. The molecule has 0 aromatic heterocycles. The van der Waals surface area contributed by atoms with E-state index in [-0.39, 0.29) is 0 Å². The smallest absolute Gasteiger partial charge is 0.00748 e. The molecular weight excluding hydrogens is 202 g/mol. The summed E-state index contributed by atoms with van der Waals surface area (Å²) in [5.41, 5.74) is 2.80. The lowest BCUT2D eigenvalue weighted by atomic mass is 10.1. The summed E-state index contributed by atoms with van der Waals surface area (Å²) in [6.07, 6.45) is 1.35. The zero-order chi connectivity index (χ0) is 10.7. The fraction of sp³-hybridized carbons (Fsp3) is 0.538. The normalized spacial score (nSPS) is 20.8. The van der Waals surface area contributed by atoms with Gasteiger partial charge in [-0.05, 0) is 62.5 Å². The molecule has 1 saturated heterocycles. The predicted octanol–water partition coefficient (Wildman–Crippen LogP) is 3.01. The van der Waals surface area contributed by atoms with Crippen LogP contribution in [0.2, 0.25) is 0 Å². The number of thioether (sulfide) groups is 1. The van der Waals surface area contributed by atoms with Crippen molar-refractivity contribution in [2.24, 2.45) is 5.92 Å². The van der Waals surface area contributed by atoms with Crippen molar-refractivity contribution >= 4 is 11.8 Å². The van der Waals surface area contributed by atoms with Crippen molar-refractivity contribution in [3.05, 3.63) is 29.3 Å². The van der Waals surface area contributed by atoms with Gasteiger partial charge in [-0.3, -0.25) is 0 Å². The second kappa shape index (κ2) is 5.04. The lowest BCUT2D eigenvalue weighted by Crippen LogP contribution is -2.10. The van der Waals surface area contributed by atoms with Crippen LogP contribution in [0, 0.1) is 19.8 Å². The van der Waals surface area contributed by atoms with Crippen LogP contribution in [0.4, 0.5) is 0 Å². The Balaban J connectivity index is 1.90. The van der Waals surface area contributed by atoms with E-state index in [2.05, 4.69) is 37.4 Å². The summed E-state index contributed by atoms with van der Waals surface area (Å²) < 4.78 is 0. The summed E-state index contributed by atoms with van der Waals surface area (Å²) in [7, 11) is 0. The van der Waals surface area contributed by atoms with Gasteiger partial charge in [0.2, 0.25) is 0 Å². The molecule has 15 heavy (non-hydrogen) atoms. The lowest BCUT2D eigenvalue weighted by Gasteiger charge is -2.08. The fourth-order valence-corrected chi connectivity index (χ4v) is 3.01. The Bertz CT molecular complexity index is 329. The zero-order valence-corrected chi connectivity index (χ0v) is 10.4. The quantitative estimate of drug-likeness (QED) is 0.788. The number of hydrogen-bond donors (Lipinski definition) is 1. The average molecular weight is 221 g/mol. The summed E-state index contributed by atoms with van der Waals surface area (Å²) >= 11 is 2.00. The third-order valence-corrected chi connectivity index (χ3v) is 4.35. The van der Waals surface area contributed by atoms with Gasteiger partial charge in [-0.25, -0.2) is 0 Å². The van der Waals surface area contributed by atoms with E-state index in [1.165, 1.54) is 41.3 Å². The monoisotopic (exact) mass is 221 g/mol. The SMILES string of the molecule is Cc1ccc(SCC2CCNC2)cc1C. The van der Waals surface area contributed by atoms with Crippen LogP contribution < -0.4 is 5.32 Å². The Labute approximate surface area is 96.7 Å². The zero-order valence-electron chi connectivity index (χ0n) is 9.55. The van der Waals surface area contributed by atoms with Gasteiger partial charge in [0.25, 0.3) is 0 Å². The molecule has 1 aromatic carbocycles. The molecule has 1 unspecified atom stereocenters. The van der Waals surface area contributed by atoms with Gasteiger partial charge in [0, 0.05) is 10.6 Å². The maximum Gasteiger partial charge on any atom is 0.00748 e. The molecule has 1 heterocycles. The van der Waals surface area contributed by atoms with E-state index in [0.29, 0.717) is 0 Å². The van der Waals surface area contributed by atoms with Crippen LogP contribution >= 0.6 is 11.8 Å². The second-order valence-corrected chi connectivity index (χ2v) is 5.51. The van der Waals surface area contributed by atoms with Crippen LogP contribution in [-0.4, -0.2) is 18.8 Å². The Morgan fingerprint density at radius 2 is 2.20 bits per heavy atom. The van der Waals surface area contributed by atoms with Crippen molar-refractivity contribution in [2.75, 3.05) is 18.8 Å². The molecule has 0 amide bonds. The maximum atomic E-state index is 3.42. The van der Waals surface area contributed by atoms with Gasteiger partial charge in [-0.1, -0.05) is 6.07 Å². The van der Waals surface area contributed by atoms with Crippen LogP contribution in [0.5, 0.6) is 0 Å². The minimum Gasteiger partial charge on any atom is -0.316 e. The van der Waals surface area contributed by atoms with Crippen LogP contribution in [0.3, 0.4) is 0 Å². The predicted molar refractivity (Wildman–Crippen MR) is 67.6 cm³/mol. The second-order valence-electron chi connectivity index (χ2n) is 4.42. The van der Waals surface area contributed by atoms with E-state index in [1.54, 1.807) is 0 Å². The van der Waals surface area contributed by atoms with Gasteiger partial charge in [0.05, 0.1) is 0 Å². The highest BCUT2D eigenvalue weighted by molar-refractivity contribution is 7.99. The molecule has 1 aliphatic heterocycles. The van der Waals surface area contributed by atoms with Crippen molar-refractivity contribution in [1.29, 1.82) is 0 Å². The molecule has 1 aromatic rings. The number of hydrogen-bond acceptors (Lipinski definition) is 2. The number of benzene rings is 1. The Kier molecular flexibility index (Phi) is 3.71. The van der Waals surface area contributed by atoms with Crippen molar-refractivity contribution in [3.8, 4) is 0 Å². The van der Waals surface area contributed by atoms with Crippen LogP contribution in [0.15, 0.2) is 23.1 Å². The molecule has 2 heteroatoms.